The molecule has 1 aromatic carbocycles. The van der Waals surface area contributed by atoms with Gasteiger partial charge in [0.1, 0.15) is 5.82 Å². The van der Waals surface area contributed by atoms with Crippen molar-refractivity contribution in [1.82, 2.24) is 5.32 Å². The van der Waals surface area contributed by atoms with Gasteiger partial charge in [-0.3, -0.25) is 0 Å². The van der Waals surface area contributed by atoms with Crippen molar-refractivity contribution in [3.8, 4) is 0 Å². The average molecular weight is 193 g/mol. The molecule has 1 N–H and O–H groups in total. The number of nitrogens with one attached hydrogen (secondary N) is 1. The number of hydrogen-bond donors (Lipinski definition) is 1. The van der Waals surface area contributed by atoms with Gasteiger partial charge in [-0.05, 0) is 23.3 Å². The molecule has 0 radical (unpaired) electrons. The molecule has 14 heavy (non-hydrogen) atoms. The first-order valence-corrected chi connectivity index (χ1v) is 4.98. The molecular formula is C11H12FNO. The third kappa shape index (κ3) is 1.16. The predicted octanol–water partition coefficient (Wildman–Crippen LogP) is 1.41. The zero-order valence-electron chi connectivity index (χ0n) is 7.79. The first kappa shape index (κ1) is 8.38. The standard InChI is InChI=1S/C11H12FNO/c12-8-2-1-7-5-10-11(9(7)6-8)13-3-4-14-10/h1-2,6,10-11,13H,3-5H2. The van der Waals surface area contributed by atoms with Gasteiger partial charge in [-0.15, -0.1) is 0 Å². The fourth-order valence-corrected chi connectivity index (χ4v) is 2.40. The fraction of sp³-hybridized carbons (Fsp3) is 0.455. The molecule has 3 rings (SSSR count). The molecule has 1 aromatic rings. The Labute approximate surface area is 82.1 Å². The van der Waals surface area contributed by atoms with Gasteiger partial charge in [0.25, 0.3) is 0 Å². The van der Waals surface area contributed by atoms with E-state index in [1.807, 2.05) is 6.07 Å². The van der Waals surface area contributed by atoms with E-state index in [1.165, 1.54) is 11.6 Å². The molecule has 0 saturated carbocycles. The number of rotatable bonds is 0. The highest BCUT2D eigenvalue weighted by Gasteiger charge is 2.35. The van der Waals surface area contributed by atoms with E-state index in [0.29, 0.717) is 0 Å². The van der Waals surface area contributed by atoms with E-state index in [1.54, 1.807) is 6.07 Å². The summed E-state index contributed by atoms with van der Waals surface area (Å²) in [5.41, 5.74) is 2.30. The quantitative estimate of drug-likeness (QED) is 0.672. The molecule has 1 saturated heterocycles. The first-order chi connectivity index (χ1) is 6.84. The molecule has 2 aliphatic rings. The minimum atomic E-state index is -0.156. The molecule has 74 valence electrons. The summed E-state index contributed by atoms with van der Waals surface area (Å²) in [4.78, 5) is 0. The van der Waals surface area contributed by atoms with Crippen molar-refractivity contribution in [3.63, 3.8) is 0 Å². The van der Waals surface area contributed by atoms with Crippen molar-refractivity contribution in [3.05, 3.63) is 35.1 Å². The molecule has 0 aromatic heterocycles. The van der Waals surface area contributed by atoms with Crippen molar-refractivity contribution < 1.29 is 9.13 Å². The van der Waals surface area contributed by atoms with Crippen LogP contribution < -0.4 is 5.32 Å². The molecule has 2 nitrogen and oxygen atoms in total. The number of benzene rings is 1. The normalized spacial score (nSPS) is 29.8. The lowest BCUT2D eigenvalue weighted by atomic mass is 10.1. The van der Waals surface area contributed by atoms with Gasteiger partial charge in [0.15, 0.2) is 0 Å². The molecule has 0 bridgehead atoms. The molecule has 2 atom stereocenters. The first-order valence-electron chi connectivity index (χ1n) is 4.98. The summed E-state index contributed by atoms with van der Waals surface area (Å²) in [5.74, 6) is -0.156. The summed E-state index contributed by atoms with van der Waals surface area (Å²) >= 11 is 0. The van der Waals surface area contributed by atoms with Gasteiger partial charge in [0, 0.05) is 13.0 Å². The molecular weight excluding hydrogens is 181 g/mol. The SMILES string of the molecule is Fc1ccc2c(c1)C1NCCOC1C2. The van der Waals surface area contributed by atoms with Crippen LogP contribution in [0, 0.1) is 5.82 Å². The van der Waals surface area contributed by atoms with Crippen LogP contribution in [0.1, 0.15) is 17.2 Å². The third-order valence-corrected chi connectivity index (χ3v) is 3.03. The van der Waals surface area contributed by atoms with Crippen molar-refractivity contribution in [2.45, 2.75) is 18.6 Å². The summed E-state index contributed by atoms with van der Waals surface area (Å²) in [7, 11) is 0. The lowest BCUT2D eigenvalue weighted by Crippen LogP contribution is -2.39. The average Bonchev–Trinajstić information content (AvgIpc) is 2.56. The van der Waals surface area contributed by atoms with Crippen LogP contribution in [-0.2, 0) is 11.2 Å². The number of morpholine rings is 1. The Bertz CT molecular complexity index is 366. The van der Waals surface area contributed by atoms with Gasteiger partial charge in [-0.2, -0.15) is 0 Å². The van der Waals surface area contributed by atoms with Gasteiger partial charge >= 0.3 is 0 Å². The van der Waals surface area contributed by atoms with Crippen LogP contribution >= 0.6 is 0 Å². The van der Waals surface area contributed by atoms with Crippen LogP contribution in [0.5, 0.6) is 0 Å². The third-order valence-electron chi connectivity index (χ3n) is 3.03. The van der Waals surface area contributed by atoms with Crippen molar-refractivity contribution >= 4 is 0 Å². The van der Waals surface area contributed by atoms with Crippen LogP contribution in [0.15, 0.2) is 18.2 Å². The smallest absolute Gasteiger partial charge is 0.123 e. The molecule has 1 aliphatic carbocycles. The van der Waals surface area contributed by atoms with Crippen LogP contribution in [0.2, 0.25) is 0 Å². The van der Waals surface area contributed by atoms with E-state index >= 15 is 0 Å². The Morgan fingerprint density at radius 1 is 1.43 bits per heavy atom. The maximum absolute atomic E-state index is 13.1. The van der Waals surface area contributed by atoms with Crippen molar-refractivity contribution in [1.29, 1.82) is 0 Å². The minimum Gasteiger partial charge on any atom is -0.375 e. The summed E-state index contributed by atoms with van der Waals surface area (Å²) in [5, 5.41) is 3.37. The van der Waals surface area contributed by atoms with Gasteiger partial charge in [-0.1, -0.05) is 6.07 Å². The van der Waals surface area contributed by atoms with Gasteiger partial charge in [0.2, 0.25) is 0 Å². The Morgan fingerprint density at radius 3 is 3.29 bits per heavy atom. The monoisotopic (exact) mass is 193 g/mol. The second-order valence-corrected chi connectivity index (χ2v) is 3.89. The second kappa shape index (κ2) is 3.04. The zero-order valence-corrected chi connectivity index (χ0v) is 7.79. The topological polar surface area (TPSA) is 21.3 Å². The van der Waals surface area contributed by atoms with Crippen molar-refractivity contribution in [2.75, 3.05) is 13.2 Å². The predicted molar refractivity (Wildman–Crippen MR) is 50.6 cm³/mol. The minimum absolute atomic E-state index is 0.156. The number of hydrogen-bond acceptors (Lipinski definition) is 2. The van der Waals surface area contributed by atoms with Gasteiger partial charge < -0.3 is 10.1 Å². The van der Waals surface area contributed by atoms with Crippen LogP contribution in [0.4, 0.5) is 4.39 Å². The molecule has 0 spiro atoms. The fourth-order valence-electron chi connectivity index (χ4n) is 2.40. The lowest BCUT2D eigenvalue weighted by Gasteiger charge is -2.27. The van der Waals surface area contributed by atoms with E-state index in [4.69, 9.17) is 4.74 Å². The van der Waals surface area contributed by atoms with E-state index < -0.39 is 0 Å². The summed E-state index contributed by atoms with van der Waals surface area (Å²) in [6, 6.07) is 5.22. The summed E-state index contributed by atoms with van der Waals surface area (Å²) in [6.45, 7) is 1.62. The van der Waals surface area contributed by atoms with Crippen LogP contribution in [-0.4, -0.2) is 19.3 Å². The van der Waals surface area contributed by atoms with E-state index in [-0.39, 0.29) is 18.0 Å². The molecule has 3 heteroatoms. The van der Waals surface area contributed by atoms with E-state index in [0.717, 1.165) is 25.1 Å². The Hall–Kier alpha value is -0.930. The molecule has 1 heterocycles. The highest BCUT2D eigenvalue weighted by molar-refractivity contribution is 5.37. The van der Waals surface area contributed by atoms with E-state index in [9.17, 15) is 4.39 Å². The van der Waals surface area contributed by atoms with Crippen LogP contribution in [0.25, 0.3) is 0 Å². The van der Waals surface area contributed by atoms with E-state index in [2.05, 4.69) is 5.32 Å². The maximum atomic E-state index is 13.1. The molecule has 0 amide bonds. The highest BCUT2D eigenvalue weighted by Crippen LogP contribution is 2.35. The Kier molecular flexibility index (Phi) is 1.82. The summed E-state index contributed by atoms with van der Waals surface area (Å²) < 4.78 is 18.7. The Morgan fingerprint density at radius 2 is 2.36 bits per heavy atom. The van der Waals surface area contributed by atoms with Crippen LogP contribution in [0.3, 0.4) is 0 Å². The molecule has 1 fully saturated rings. The number of halogens is 1. The zero-order chi connectivity index (χ0) is 9.54. The number of ether oxygens (including phenoxy) is 1. The molecule has 1 aliphatic heterocycles. The van der Waals surface area contributed by atoms with Gasteiger partial charge in [0.05, 0.1) is 18.8 Å². The second-order valence-electron chi connectivity index (χ2n) is 3.89. The summed E-state index contributed by atoms with van der Waals surface area (Å²) in [6.07, 6.45) is 1.12. The van der Waals surface area contributed by atoms with Crippen molar-refractivity contribution in [2.24, 2.45) is 0 Å². The maximum Gasteiger partial charge on any atom is 0.123 e. The lowest BCUT2D eigenvalue weighted by molar-refractivity contribution is 0.00501. The highest BCUT2D eigenvalue weighted by atomic mass is 19.1. The largest absolute Gasteiger partial charge is 0.375 e. The Balaban J connectivity index is 2.02. The van der Waals surface area contributed by atoms with Gasteiger partial charge in [-0.25, -0.2) is 4.39 Å². The number of fused-ring (bicyclic) bond motifs is 3. The molecule has 2 unspecified atom stereocenters.